The van der Waals surface area contributed by atoms with E-state index in [1.54, 1.807) is 39.0 Å². The molecular formula is C19H19N3O6. The lowest BCUT2D eigenvalue weighted by molar-refractivity contribution is -0.384. The molecule has 0 unspecified atom stereocenters. The molecule has 2 aromatic rings. The molecule has 9 nitrogen and oxygen atoms in total. The molecule has 1 aliphatic heterocycles. The molecule has 2 N–H and O–H groups in total. The maximum Gasteiger partial charge on any atom is 0.338 e. The summed E-state index contributed by atoms with van der Waals surface area (Å²) in [5.41, 5.74) is 1.97. The Kier molecular flexibility index (Phi) is 5.16. The van der Waals surface area contributed by atoms with Gasteiger partial charge in [-0.3, -0.25) is 10.1 Å². The Balaban J connectivity index is 1.98. The van der Waals surface area contributed by atoms with E-state index < -0.39 is 23.0 Å². The Morgan fingerprint density at radius 1 is 1.29 bits per heavy atom. The Bertz CT molecular complexity index is 991. The van der Waals surface area contributed by atoms with Crippen LogP contribution in [0.1, 0.15) is 31.2 Å². The molecule has 146 valence electrons. The van der Waals surface area contributed by atoms with E-state index in [0.717, 1.165) is 0 Å². The summed E-state index contributed by atoms with van der Waals surface area (Å²) in [6.07, 6.45) is 0. The lowest BCUT2D eigenvalue weighted by Gasteiger charge is -2.26. The van der Waals surface area contributed by atoms with Crippen LogP contribution in [-0.4, -0.2) is 23.5 Å². The highest BCUT2D eigenvalue weighted by Gasteiger charge is 2.34. The third kappa shape index (κ3) is 3.59. The van der Waals surface area contributed by atoms with Crippen molar-refractivity contribution in [3.05, 3.63) is 63.0 Å². The van der Waals surface area contributed by atoms with Crippen LogP contribution in [0.4, 0.5) is 10.5 Å². The number of non-ortho nitro benzene ring substituents is 1. The van der Waals surface area contributed by atoms with E-state index >= 15 is 0 Å². The van der Waals surface area contributed by atoms with Crippen molar-refractivity contribution in [1.82, 2.24) is 10.6 Å². The second-order valence-electron chi connectivity index (χ2n) is 6.25. The molecule has 1 aromatic carbocycles. The molecule has 28 heavy (non-hydrogen) atoms. The van der Waals surface area contributed by atoms with Crippen LogP contribution in [0.5, 0.6) is 0 Å². The number of amides is 2. The molecule has 2 amide bonds. The van der Waals surface area contributed by atoms with Crippen molar-refractivity contribution in [3.63, 3.8) is 0 Å². The van der Waals surface area contributed by atoms with Gasteiger partial charge < -0.3 is 19.8 Å². The number of urea groups is 1. The zero-order valence-electron chi connectivity index (χ0n) is 15.6. The fraction of sp³-hybridized carbons (Fsp3) is 0.263. The first-order valence-electron chi connectivity index (χ1n) is 8.62. The SMILES string of the molecule is CCOC(=O)C1=C(C)NC(=O)N[C@@H]1c1ccc(-c2ccc([N+](=O)[O-])cc2C)o1. The van der Waals surface area contributed by atoms with Gasteiger partial charge in [-0.2, -0.15) is 0 Å². The van der Waals surface area contributed by atoms with Crippen molar-refractivity contribution in [2.45, 2.75) is 26.8 Å². The van der Waals surface area contributed by atoms with Crippen LogP contribution >= 0.6 is 0 Å². The molecule has 2 heterocycles. The fourth-order valence-corrected chi connectivity index (χ4v) is 3.08. The summed E-state index contributed by atoms with van der Waals surface area (Å²) in [5, 5.41) is 16.1. The van der Waals surface area contributed by atoms with Crippen molar-refractivity contribution < 1.29 is 23.7 Å². The number of benzene rings is 1. The van der Waals surface area contributed by atoms with Gasteiger partial charge >= 0.3 is 12.0 Å². The highest BCUT2D eigenvalue weighted by molar-refractivity contribution is 5.94. The smallest absolute Gasteiger partial charge is 0.338 e. The van der Waals surface area contributed by atoms with Gasteiger partial charge in [0.25, 0.3) is 5.69 Å². The molecule has 0 aliphatic carbocycles. The number of aryl methyl sites for hydroxylation is 1. The molecule has 0 saturated heterocycles. The minimum atomic E-state index is -0.806. The summed E-state index contributed by atoms with van der Waals surface area (Å²) in [5.74, 6) is 0.267. The summed E-state index contributed by atoms with van der Waals surface area (Å²) < 4.78 is 11.0. The van der Waals surface area contributed by atoms with Crippen molar-refractivity contribution in [3.8, 4) is 11.3 Å². The fourth-order valence-electron chi connectivity index (χ4n) is 3.08. The van der Waals surface area contributed by atoms with Crippen LogP contribution in [0.25, 0.3) is 11.3 Å². The van der Waals surface area contributed by atoms with Crippen LogP contribution < -0.4 is 10.6 Å². The van der Waals surface area contributed by atoms with Gasteiger partial charge in [0.2, 0.25) is 0 Å². The minimum Gasteiger partial charge on any atom is -0.463 e. The molecule has 0 saturated carbocycles. The number of carbonyl (C=O) groups is 2. The maximum atomic E-state index is 12.4. The summed E-state index contributed by atoms with van der Waals surface area (Å²) in [6.45, 7) is 5.24. The number of nitro benzene ring substituents is 1. The number of hydrogen-bond donors (Lipinski definition) is 2. The minimum absolute atomic E-state index is 0.0122. The number of esters is 1. The Morgan fingerprint density at radius 3 is 2.68 bits per heavy atom. The average molecular weight is 385 g/mol. The average Bonchev–Trinajstić information content (AvgIpc) is 3.10. The van der Waals surface area contributed by atoms with Crippen LogP contribution in [-0.2, 0) is 9.53 Å². The van der Waals surface area contributed by atoms with Crippen LogP contribution in [0.2, 0.25) is 0 Å². The maximum absolute atomic E-state index is 12.4. The molecular weight excluding hydrogens is 366 g/mol. The van der Waals surface area contributed by atoms with Crippen molar-refractivity contribution in [2.24, 2.45) is 0 Å². The van der Waals surface area contributed by atoms with Gasteiger partial charge in [-0.25, -0.2) is 9.59 Å². The Hall–Kier alpha value is -3.62. The van der Waals surface area contributed by atoms with E-state index in [0.29, 0.717) is 28.3 Å². The summed E-state index contributed by atoms with van der Waals surface area (Å²) in [6, 6.07) is 6.53. The molecule has 3 rings (SSSR count). The predicted octanol–water partition coefficient (Wildman–Crippen LogP) is 3.35. The molecule has 0 fully saturated rings. The molecule has 0 bridgehead atoms. The lowest BCUT2D eigenvalue weighted by atomic mass is 10.0. The standard InChI is InChI=1S/C19H19N3O6/c1-4-27-18(23)16-11(3)20-19(24)21-17(16)15-8-7-14(28-15)13-6-5-12(22(25)26)9-10(13)2/h5-9,17H,4H2,1-3H3,(H2,20,21,24)/t17-/m1/s1. The van der Waals surface area contributed by atoms with Gasteiger partial charge in [-0.15, -0.1) is 0 Å². The number of rotatable bonds is 5. The number of ether oxygens (including phenoxy) is 1. The van der Waals surface area contributed by atoms with Crippen molar-refractivity contribution in [2.75, 3.05) is 6.61 Å². The summed E-state index contributed by atoms with van der Waals surface area (Å²) >= 11 is 0. The van der Waals surface area contributed by atoms with Gasteiger partial charge in [0.05, 0.1) is 17.1 Å². The number of carbonyl (C=O) groups excluding carboxylic acids is 2. The van der Waals surface area contributed by atoms with E-state index in [2.05, 4.69) is 10.6 Å². The first kappa shape index (κ1) is 19.2. The largest absolute Gasteiger partial charge is 0.463 e. The topological polar surface area (TPSA) is 124 Å². The van der Waals surface area contributed by atoms with E-state index in [9.17, 15) is 19.7 Å². The molecule has 1 aliphatic rings. The van der Waals surface area contributed by atoms with Gasteiger partial charge in [0.15, 0.2) is 0 Å². The third-order valence-electron chi connectivity index (χ3n) is 4.36. The highest BCUT2D eigenvalue weighted by Crippen LogP contribution is 2.34. The van der Waals surface area contributed by atoms with Crippen molar-refractivity contribution >= 4 is 17.7 Å². The Labute approximate surface area is 160 Å². The van der Waals surface area contributed by atoms with Gasteiger partial charge in [-0.05, 0) is 44.5 Å². The van der Waals surface area contributed by atoms with E-state index in [1.807, 2.05) is 0 Å². The number of furan rings is 1. The number of allylic oxidation sites excluding steroid dienone is 1. The zero-order chi connectivity index (χ0) is 20.4. The second kappa shape index (κ2) is 7.55. The molecule has 0 spiro atoms. The first-order chi connectivity index (χ1) is 13.3. The van der Waals surface area contributed by atoms with Gasteiger partial charge in [-0.1, -0.05) is 0 Å². The number of nitrogens with one attached hydrogen (secondary N) is 2. The van der Waals surface area contributed by atoms with Gasteiger partial charge in [0, 0.05) is 23.4 Å². The second-order valence-corrected chi connectivity index (χ2v) is 6.25. The lowest BCUT2D eigenvalue weighted by Crippen LogP contribution is -2.45. The van der Waals surface area contributed by atoms with Gasteiger partial charge in [0.1, 0.15) is 17.6 Å². The zero-order valence-corrected chi connectivity index (χ0v) is 15.6. The van der Waals surface area contributed by atoms with Crippen LogP contribution in [0.3, 0.4) is 0 Å². The molecule has 1 atom stereocenters. The number of nitrogens with zero attached hydrogens (tertiary/aromatic N) is 1. The number of nitro groups is 1. The molecule has 1 aromatic heterocycles. The predicted molar refractivity (Wildman–Crippen MR) is 99.3 cm³/mol. The van der Waals surface area contributed by atoms with E-state index in [-0.39, 0.29) is 17.9 Å². The van der Waals surface area contributed by atoms with Crippen LogP contribution in [0, 0.1) is 17.0 Å². The molecule has 9 heteroatoms. The third-order valence-corrected chi connectivity index (χ3v) is 4.36. The monoisotopic (exact) mass is 385 g/mol. The summed E-state index contributed by atoms with van der Waals surface area (Å²) in [4.78, 5) is 34.7. The molecule has 0 radical (unpaired) electrons. The number of hydrogen-bond acceptors (Lipinski definition) is 6. The van der Waals surface area contributed by atoms with Crippen molar-refractivity contribution in [1.29, 1.82) is 0 Å². The first-order valence-corrected chi connectivity index (χ1v) is 8.62. The summed E-state index contributed by atoms with van der Waals surface area (Å²) in [7, 11) is 0. The normalized spacial score (nSPS) is 16.4. The quantitative estimate of drug-likeness (QED) is 0.462. The highest BCUT2D eigenvalue weighted by atomic mass is 16.6. The van der Waals surface area contributed by atoms with E-state index in [4.69, 9.17) is 9.15 Å². The van der Waals surface area contributed by atoms with E-state index in [1.165, 1.54) is 12.1 Å². The van der Waals surface area contributed by atoms with Crippen LogP contribution in [0.15, 0.2) is 46.0 Å². The Morgan fingerprint density at radius 2 is 2.04 bits per heavy atom.